The Bertz CT molecular complexity index is 705. The van der Waals surface area contributed by atoms with Crippen LogP contribution in [0.15, 0.2) is 12.1 Å². The summed E-state index contributed by atoms with van der Waals surface area (Å²) >= 11 is 0. The maximum atomic E-state index is 14.6. The number of aliphatic hydroxyl groups excluding tert-OH is 1. The fraction of sp³-hybridized carbons (Fsp3) is 0.600. The van der Waals surface area contributed by atoms with Crippen LogP contribution in [0.4, 0.5) is 10.1 Å². The van der Waals surface area contributed by atoms with Crippen molar-refractivity contribution >= 4 is 17.8 Å². The lowest BCUT2D eigenvalue weighted by Gasteiger charge is -2.34. The van der Waals surface area contributed by atoms with E-state index in [4.69, 9.17) is 15.3 Å². The zero-order valence-corrected chi connectivity index (χ0v) is 16.2. The van der Waals surface area contributed by atoms with Gasteiger partial charge in [0.1, 0.15) is 11.9 Å². The van der Waals surface area contributed by atoms with E-state index in [0.29, 0.717) is 37.4 Å². The molecule has 1 aliphatic carbocycles. The Morgan fingerprint density at radius 1 is 1.54 bits per heavy atom. The molecular weight excluding hydrogens is 363 g/mol. The highest BCUT2D eigenvalue weighted by atomic mass is 19.1. The van der Waals surface area contributed by atoms with Crippen molar-refractivity contribution in [2.24, 2.45) is 0 Å². The molecule has 1 saturated carbocycles. The van der Waals surface area contributed by atoms with Crippen LogP contribution >= 0.6 is 0 Å². The third kappa shape index (κ3) is 4.68. The molecule has 2 atom stereocenters. The summed E-state index contributed by atoms with van der Waals surface area (Å²) in [6.45, 7) is 4.14. The van der Waals surface area contributed by atoms with E-state index in [9.17, 15) is 9.18 Å². The second-order valence-electron chi connectivity index (χ2n) is 7.33. The normalized spacial score (nSPS) is 20.5. The Labute approximate surface area is 164 Å². The minimum Gasteiger partial charge on any atom is -0.396 e. The van der Waals surface area contributed by atoms with E-state index in [2.05, 4.69) is 10.6 Å². The number of amides is 1. The fourth-order valence-electron chi connectivity index (χ4n) is 3.57. The molecule has 1 aliphatic heterocycles. The fourth-order valence-corrected chi connectivity index (χ4v) is 3.57. The maximum Gasteiger partial charge on any atom is 0.253 e. The zero-order chi connectivity index (χ0) is 20.1. The molecule has 0 spiro atoms. The van der Waals surface area contributed by atoms with Crippen molar-refractivity contribution in [2.75, 3.05) is 38.2 Å². The SMILES string of the molecule is C[C@H](c1cc(F)c(C=N)c(NCCCO)c1)N(C(=O)[C@H]1CNCCO1)C1CC1. The van der Waals surface area contributed by atoms with E-state index in [0.717, 1.165) is 25.6 Å². The van der Waals surface area contributed by atoms with Crippen LogP contribution < -0.4 is 10.6 Å². The average Bonchev–Trinajstić information content (AvgIpc) is 3.53. The summed E-state index contributed by atoms with van der Waals surface area (Å²) in [4.78, 5) is 14.9. The molecule has 7 nitrogen and oxygen atoms in total. The van der Waals surface area contributed by atoms with E-state index in [-0.39, 0.29) is 30.2 Å². The lowest BCUT2D eigenvalue weighted by molar-refractivity contribution is -0.148. The number of hydrogen-bond donors (Lipinski definition) is 4. The molecule has 0 bridgehead atoms. The molecule has 4 N–H and O–H groups in total. The summed E-state index contributed by atoms with van der Waals surface area (Å²) in [5.41, 5.74) is 1.36. The van der Waals surface area contributed by atoms with Crippen molar-refractivity contribution in [1.29, 1.82) is 5.41 Å². The zero-order valence-electron chi connectivity index (χ0n) is 16.2. The lowest BCUT2D eigenvalue weighted by Crippen LogP contribution is -2.50. The predicted molar refractivity (Wildman–Crippen MR) is 105 cm³/mol. The molecule has 154 valence electrons. The van der Waals surface area contributed by atoms with E-state index < -0.39 is 11.9 Å². The number of ether oxygens (including phenoxy) is 1. The van der Waals surface area contributed by atoms with Crippen molar-refractivity contribution in [3.63, 3.8) is 0 Å². The van der Waals surface area contributed by atoms with Gasteiger partial charge in [0, 0.05) is 44.2 Å². The first-order valence-corrected chi connectivity index (χ1v) is 9.90. The van der Waals surface area contributed by atoms with Crippen LogP contribution in [-0.2, 0) is 9.53 Å². The molecule has 1 aromatic carbocycles. The van der Waals surface area contributed by atoms with Crippen LogP contribution in [0.25, 0.3) is 0 Å². The highest BCUT2D eigenvalue weighted by Gasteiger charge is 2.40. The van der Waals surface area contributed by atoms with Crippen molar-refractivity contribution in [3.05, 3.63) is 29.1 Å². The van der Waals surface area contributed by atoms with Gasteiger partial charge >= 0.3 is 0 Å². The Morgan fingerprint density at radius 2 is 2.32 bits per heavy atom. The number of carbonyl (C=O) groups excluding carboxylic acids is 1. The summed E-state index contributed by atoms with van der Waals surface area (Å²) in [6.07, 6.45) is 2.89. The van der Waals surface area contributed by atoms with Gasteiger partial charge in [0.25, 0.3) is 5.91 Å². The number of aliphatic hydroxyl groups is 1. The molecule has 1 aromatic rings. The Kier molecular flexibility index (Phi) is 6.98. The Morgan fingerprint density at radius 3 is 2.93 bits per heavy atom. The lowest BCUT2D eigenvalue weighted by atomic mass is 10.0. The third-order valence-electron chi connectivity index (χ3n) is 5.24. The highest BCUT2D eigenvalue weighted by molar-refractivity contribution is 5.87. The van der Waals surface area contributed by atoms with E-state index in [1.165, 1.54) is 6.07 Å². The maximum absolute atomic E-state index is 14.6. The molecule has 8 heteroatoms. The van der Waals surface area contributed by atoms with Gasteiger partial charge in [-0.25, -0.2) is 4.39 Å². The number of anilines is 1. The monoisotopic (exact) mass is 392 g/mol. The molecule has 1 saturated heterocycles. The average molecular weight is 392 g/mol. The number of nitrogens with zero attached hydrogens (tertiary/aromatic N) is 1. The summed E-state index contributed by atoms with van der Waals surface area (Å²) in [7, 11) is 0. The smallest absolute Gasteiger partial charge is 0.253 e. The van der Waals surface area contributed by atoms with Crippen molar-refractivity contribution in [2.45, 2.75) is 44.4 Å². The van der Waals surface area contributed by atoms with Crippen LogP contribution in [0.3, 0.4) is 0 Å². The predicted octanol–water partition coefficient (Wildman–Crippen LogP) is 1.66. The molecule has 1 amide bonds. The summed E-state index contributed by atoms with van der Waals surface area (Å²) in [5.74, 6) is -0.557. The van der Waals surface area contributed by atoms with E-state index in [1.807, 2.05) is 11.8 Å². The standard InChI is InChI=1S/C20H29FN4O3/c1-13(25(15-3-4-15)20(27)19-12-23-6-8-28-19)14-9-17(21)16(11-22)18(10-14)24-5-2-7-26/h9-11,13,15,19,22-24,26H,2-8,12H2,1H3/t13-,19-/m1/s1. The molecule has 3 rings (SSSR count). The first-order chi connectivity index (χ1) is 13.6. The van der Waals surface area contributed by atoms with Crippen LogP contribution in [-0.4, -0.2) is 67.1 Å². The van der Waals surface area contributed by atoms with Gasteiger partial charge in [-0.2, -0.15) is 0 Å². The number of halogens is 1. The van der Waals surface area contributed by atoms with Crippen molar-refractivity contribution < 1.29 is 19.0 Å². The number of morpholine rings is 1. The second-order valence-corrected chi connectivity index (χ2v) is 7.33. The quantitative estimate of drug-likeness (QED) is 0.379. The van der Waals surface area contributed by atoms with Gasteiger partial charge < -0.3 is 30.8 Å². The van der Waals surface area contributed by atoms with Gasteiger partial charge in [-0.1, -0.05) is 0 Å². The van der Waals surface area contributed by atoms with Crippen LogP contribution in [0.2, 0.25) is 0 Å². The molecule has 0 radical (unpaired) electrons. The van der Waals surface area contributed by atoms with Crippen molar-refractivity contribution in [1.82, 2.24) is 10.2 Å². The van der Waals surface area contributed by atoms with Gasteiger partial charge in [0.05, 0.1) is 18.2 Å². The molecule has 1 heterocycles. The Hall–Kier alpha value is -2.03. The Balaban J connectivity index is 1.84. The van der Waals surface area contributed by atoms with Crippen LogP contribution in [0.5, 0.6) is 0 Å². The summed E-state index contributed by atoms with van der Waals surface area (Å²) < 4.78 is 20.3. The van der Waals surface area contributed by atoms with E-state index in [1.54, 1.807) is 6.07 Å². The number of benzene rings is 1. The first-order valence-electron chi connectivity index (χ1n) is 9.90. The van der Waals surface area contributed by atoms with Crippen LogP contribution in [0, 0.1) is 11.2 Å². The van der Waals surface area contributed by atoms with Gasteiger partial charge in [-0.15, -0.1) is 0 Å². The first kappa shape index (κ1) is 20.7. The van der Waals surface area contributed by atoms with Gasteiger partial charge in [-0.3, -0.25) is 4.79 Å². The largest absolute Gasteiger partial charge is 0.396 e. The molecule has 2 aliphatic rings. The molecule has 2 fully saturated rings. The summed E-state index contributed by atoms with van der Waals surface area (Å²) in [5, 5.41) is 22.8. The minimum absolute atomic E-state index is 0.0326. The third-order valence-corrected chi connectivity index (χ3v) is 5.24. The minimum atomic E-state index is -0.510. The second kappa shape index (κ2) is 9.45. The summed E-state index contributed by atoms with van der Waals surface area (Å²) in [6, 6.07) is 3.06. The number of nitrogens with one attached hydrogen (secondary N) is 3. The number of rotatable bonds is 9. The van der Waals surface area contributed by atoms with E-state index >= 15 is 0 Å². The number of carbonyl (C=O) groups is 1. The highest BCUT2D eigenvalue weighted by Crippen LogP contribution is 2.36. The topological polar surface area (TPSA) is 97.7 Å². The van der Waals surface area contributed by atoms with Gasteiger partial charge in [-0.05, 0) is 43.9 Å². The van der Waals surface area contributed by atoms with Gasteiger partial charge in [0.15, 0.2) is 0 Å². The molecule has 0 unspecified atom stereocenters. The van der Waals surface area contributed by atoms with Crippen molar-refractivity contribution in [3.8, 4) is 0 Å². The molecular formula is C20H29FN4O3. The molecule has 28 heavy (non-hydrogen) atoms. The van der Waals surface area contributed by atoms with Crippen LogP contribution in [0.1, 0.15) is 43.4 Å². The number of hydrogen-bond acceptors (Lipinski definition) is 6. The van der Waals surface area contributed by atoms with Gasteiger partial charge in [0.2, 0.25) is 0 Å². The molecule has 0 aromatic heterocycles.